The molecule has 0 amide bonds. The van der Waals surface area contributed by atoms with Gasteiger partial charge in [0.25, 0.3) is 0 Å². The maximum absolute atomic E-state index is 13.6. The summed E-state index contributed by atoms with van der Waals surface area (Å²) >= 11 is 0. The van der Waals surface area contributed by atoms with Crippen LogP contribution in [-0.4, -0.2) is 0 Å². The van der Waals surface area contributed by atoms with Crippen LogP contribution in [0.2, 0.25) is 0 Å². The molecule has 46 heavy (non-hydrogen) atoms. The third kappa shape index (κ3) is 3.88. The van der Waals surface area contributed by atoms with Crippen LogP contribution in [0.4, 0.5) is 26.3 Å². The van der Waals surface area contributed by atoms with E-state index in [2.05, 4.69) is 36.4 Å². The van der Waals surface area contributed by atoms with Gasteiger partial charge >= 0.3 is 12.4 Å². The lowest BCUT2D eigenvalue weighted by Gasteiger charge is -2.51. The van der Waals surface area contributed by atoms with E-state index in [1.165, 1.54) is 5.56 Å². The molecule has 0 aromatic heterocycles. The number of rotatable bonds is 2. The average Bonchev–Trinajstić information content (AvgIpc) is 3.04. The van der Waals surface area contributed by atoms with Crippen molar-refractivity contribution >= 4 is 39.1 Å². The highest BCUT2D eigenvalue weighted by molar-refractivity contribution is 6.34. The van der Waals surface area contributed by atoms with Crippen LogP contribution in [0.25, 0.3) is 39.1 Å². The number of hydrogen-bond acceptors (Lipinski definition) is 0. The van der Waals surface area contributed by atoms with Crippen molar-refractivity contribution in [3.8, 4) is 0 Å². The minimum absolute atomic E-state index is 0.170. The van der Waals surface area contributed by atoms with Crippen LogP contribution in [0.3, 0.4) is 0 Å². The van der Waals surface area contributed by atoms with Gasteiger partial charge in [0.1, 0.15) is 0 Å². The van der Waals surface area contributed by atoms with E-state index in [0.717, 1.165) is 109 Å². The van der Waals surface area contributed by atoms with Crippen molar-refractivity contribution in [2.24, 2.45) is 0 Å². The molecule has 2 unspecified atom stereocenters. The predicted molar refractivity (Wildman–Crippen MR) is 170 cm³/mol. The monoisotopic (exact) mass is 618 g/mol. The molecule has 2 atom stereocenters. The highest BCUT2D eigenvalue weighted by Gasteiger charge is 2.51. The molecule has 0 radical (unpaired) electrons. The van der Waals surface area contributed by atoms with Crippen LogP contribution in [0, 0.1) is 0 Å². The van der Waals surface area contributed by atoms with Crippen LogP contribution in [0.5, 0.6) is 0 Å². The van der Waals surface area contributed by atoms with Gasteiger partial charge in [-0.1, -0.05) is 72.8 Å². The smallest absolute Gasteiger partial charge is 0.166 e. The summed E-state index contributed by atoms with van der Waals surface area (Å²) in [5.41, 5.74) is 10.6. The molecular weight excluding hydrogens is 594 g/mol. The molecule has 6 heteroatoms. The average molecular weight is 619 g/mol. The first-order valence-corrected chi connectivity index (χ1v) is 15.3. The van der Waals surface area contributed by atoms with Gasteiger partial charge in [0.15, 0.2) is 0 Å². The van der Waals surface area contributed by atoms with Gasteiger partial charge in [-0.05, 0) is 127 Å². The van der Waals surface area contributed by atoms with E-state index < -0.39 is 23.5 Å². The zero-order chi connectivity index (χ0) is 31.5. The molecular formula is C40H24F6. The Labute approximate surface area is 261 Å². The second-order valence-corrected chi connectivity index (χ2v) is 12.5. The number of aryl methyl sites for hydroxylation is 1. The Morgan fingerprint density at radius 3 is 1.50 bits per heavy atom. The maximum atomic E-state index is 13.6. The van der Waals surface area contributed by atoms with Crippen molar-refractivity contribution in [3.63, 3.8) is 0 Å². The van der Waals surface area contributed by atoms with E-state index in [1.54, 1.807) is 24.3 Å². The summed E-state index contributed by atoms with van der Waals surface area (Å²) in [5, 5.41) is 2.13. The third-order valence-corrected chi connectivity index (χ3v) is 10.1. The highest BCUT2D eigenvalue weighted by atomic mass is 19.4. The van der Waals surface area contributed by atoms with Crippen molar-refractivity contribution in [1.29, 1.82) is 0 Å². The van der Waals surface area contributed by atoms with E-state index in [0.29, 0.717) is 0 Å². The SMILES string of the molecule is FC(F)(F)c1ccc(C2=C3C(=C(c4ccc(C(F)(F)F)cc4)C4c5cc6ccccc6cc5C24)c2cc4c(cc23)C=CCC4)cc1. The summed E-state index contributed by atoms with van der Waals surface area (Å²) in [4.78, 5) is 0. The van der Waals surface area contributed by atoms with Crippen molar-refractivity contribution in [1.82, 2.24) is 0 Å². The number of halogens is 6. The minimum atomic E-state index is -4.46. The van der Waals surface area contributed by atoms with Gasteiger partial charge in [-0.2, -0.15) is 26.3 Å². The lowest BCUT2D eigenvalue weighted by atomic mass is 9.51. The lowest BCUT2D eigenvalue weighted by Crippen LogP contribution is -2.33. The Morgan fingerprint density at radius 2 is 1.02 bits per heavy atom. The molecule has 0 aliphatic heterocycles. The molecule has 4 aliphatic carbocycles. The van der Waals surface area contributed by atoms with Crippen LogP contribution < -0.4 is 0 Å². The summed E-state index contributed by atoms with van der Waals surface area (Å²) < 4.78 is 81.7. The number of alkyl halides is 6. The second kappa shape index (κ2) is 9.35. The summed E-state index contributed by atoms with van der Waals surface area (Å²) in [5.74, 6) is -0.344. The number of fused-ring (bicyclic) bond motifs is 10. The molecule has 5 aromatic rings. The van der Waals surface area contributed by atoms with Crippen molar-refractivity contribution in [3.05, 3.63) is 159 Å². The molecule has 0 spiro atoms. The molecule has 0 heterocycles. The van der Waals surface area contributed by atoms with Gasteiger partial charge in [-0.3, -0.25) is 0 Å². The fourth-order valence-corrected chi connectivity index (χ4v) is 8.02. The lowest BCUT2D eigenvalue weighted by molar-refractivity contribution is -0.138. The van der Waals surface area contributed by atoms with Crippen molar-refractivity contribution < 1.29 is 26.3 Å². The molecule has 0 nitrogen and oxygen atoms in total. The number of hydrogen-bond donors (Lipinski definition) is 0. The Hall–Kier alpha value is -4.84. The van der Waals surface area contributed by atoms with Gasteiger partial charge in [0.05, 0.1) is 11.1 Å². The standard InChI is InChI=1S/C40H24F6/c41-39(42,43)27-13-9-21(10-14-27)33-35-29-17-23-5-1-2-6-24(23)18-30(29)36(35)34(22-11-15-28(16-12-22)40(44,45)46)38-32-20-26-8-4-3-7-25(26)19-31(32)37(33)38/h1-3,5-7,9-20,35-36H,4,8H2. The molecule has 0 saturated heterocycles. The molecule has 226 valence electrons. The fraction of sp³-hybridized carbons (Fsp3) is 0.150. The molecule has 0 bridgehead atoms. The Kier molecular flexibility index (Phi) is 5.58. The molecule has 5 aromatic carbocycles. The molecule has 0 N–H and O–H groups in total. The van der Waals surface area contributed by atoms with Gasteiger partial charge in [0, 0.05) is 11.8 Å². The Balaban J connectivity index is 1.35. The number of allylic oxidation sites excluding steroid dienone is 5. The summed E-state index contributed by atoms with van der Waals surface area (Å²) in [6.45, 7) is 0. The quantitative estimate of drug-likeness (QED) is 0.173. The van der Waals surface area contributed by atoms with Gasteiger partial charge in [0.2, 0.25) is 0 Å². The fourth-order valence-electron chi connectivity index (χ4n) is 8.02. The highest BCUT2D eigenvalue weighted by Crippen LogP contribution is 2.70. The van der Waals surface area contributed by atoms with Crippen LogP contribution in [-0.2, 0) is 18.8 Å². The molecule has 0 fully saturated rings. The summed E-state index contributed by atoms with van der Waals surface area (Å²) in [7, 11) is 0. The van der Waals surface area contributed by atoms with Crippen LogP contribution in [0.1, 0.15) is 73.9 Å². The molecule has 4 aliphatic rings. The topological polar surface area (TPSA) is 0 Å². The largest absolute Gasteiger partial charge is 0.416 e. The zero-order valence-corrected chi connectivity index (χ0v) is 24.2. The van der Waals surface area contributed by atoms with Gasteiger partial charge in [-0.25, -0.2) is 0 Å². The first-order chi connectivity index (χ1) is 22.1. The molecule has 0 saturated carbocycles. The Morgan fingerprint density at radius 1 is 0.543 bits per heavy atom. The van der Waals surface area contributed by atoms with Gasteiger partial charge < -0.3 is 0 Å². The van der Waals surface area contributed by atoms with Crippen molar-refractivity contribution in [2.75, 3.05) is 0 Å². The van der Waals surface area contributed by atoms with E-state index in [1.807, 2.05) is 24.3 Å². The van der Waals surface area contributed by atoms with Crippen LogP contribution in [0.15, 0.2) is 103 Å². The van der Waals surface area contributed by atoms with E-state index in [-0.39, 0.29) is 11.8 Å². The van der Waals surface area contributed by atoms with Gasteiger partial charge in [-0.15, -0.1) is 0 Å². The summed E-state index contributed by atoms with van der Waals surface area (Å²) in [6, 6.07) is 27.6. The first kappa shape index (κ1) is 27.5. The van der Waals surface area contributed by atoms with E-state index in [4.69, 9.17) is 0 Å². The first-order valence-electron chi connectivity index (χ1n) is 15.3. The minimum Gasteiger partial charge on any atom is -0.166 e. The maximum Gasteiger partial charge on any atom is 0.416 e. The predicted octanol–water partition coefficient (Wildman–Crippen LogP) is 11.6. The van der Waals surface area contributed by atoms with Crippen LogP contribution >= 0.6 is 0 Å². The second-order valence-electron chi connectivity index (χ2n) is 12.5. The third-order valence-electron chi connectivity index (χ3n) is 10.1. The Bertz CT molecular complexity index is 2210. The normalized spacial score (nSPS) is 19.5. The zero-order valence-electron chi connectivity index (χ0n) is 24.2. The summed E-state index contributed by atoms with van der Waals surface area (Å²) in [6.07, 6.45) is -2.82. The molecule has 9 rings (SSSR count). The number of benzene rings is 5. The van der Waals surface area contributed by atoms with E-state index >= 15 is 0 Å². The van der Waals surface area contributed by atoms with Crippen molar-refractivity contribution in [2.45, 2.75) is 37.0 Å². The van der Waals surface area contributed by atoms with E-state index in [9.17, 15) is 26.3 Å².